The first-order chi connectivity index (χ1) is 24.7. The number of hydrogen-bond donors (Lipinski definition) is 0. The summed E-state index contributed by atoms with van der Waals surface area (Å²) >= 11 is 0. The Morgan fingerprint density at radius 2 is 1.24 bits per heavy atom. The van der Waals surface area contributed by atoms with E-state index in [1.165, 1.54) is 37.9 Å². The van der Waals surface area contributed by atoms with Gasteiger partial charge >= 0.3 is 0 Å². The molecule has 1 saturated heterocycles. The Morgan fingerprint density at radius 1 is 0.580 bits per heavy atom. The monoisotopic (exact) mass is 665 g/mol. The topological polar surface area (TPSA) is 49.4 Å². The summed E-state index contributed by atoms with van der Waals surface area (Å²) in [6.45, 7) is 5.46. The third kappa shape index (κ3) is 7.51. The molecule has 0 saturated carbocycles. The van der Waals surface area contributed by atoms with Crippen molar-refractivity contribution in [1.82, 2.24) is 4.90 Å². The zero-order chi connectivity index (χ0) is 33.5. The minimum Gasteiger partial charge on any atom is -0.492 e. The van der Waals surface area contributed by atoms with Crippen molar-refractivity contribution < 1.29 is 23.7 Å². The van der Waals surface area contributed by atoms with Gasteiger partial charge in [0.1, 0.15) is 61.3 Å². The van der Waals surface area contributed by atoms with Crippen LogP contribution in [0.3, 0.4) is 0 Å². The summed E-state index contributed by atoms with van der Waals surface area (Å²) in [5.74, 6) is 4.10. The van der Waals surface area contributed by atoms with Gasteiger partial charge in [0.05, 0.1) is 0 Å². The second-order valence-electron chi connectivity index (χ2n) is 13.2. The Bertz CT molecular complexity index is 1920. The molecular weight excluding hydrogens is 622 g/mol. The Hall–Kier alpha value is -5.20. The number of fused-ring (bicyclic) bond motifs is 4. The SMILES string of the molecule is c1ccc(COc2ccc3c(c2)OC(c2ccc(OCCN4CCCCC4)cc2)CC2=C3COc3ccc(OCc4ccccc4)cc32)cc1. The predicted octanol–water partition coefficient (Wildman–Crippen LogP) is 9.54. The summed E-state index contributed by atoms with van der Waals surface area (Å²) in [6, 6.07) is 41.2. The van der Waals surface area contributed by atoms with Crippen LogP contribution < -0.4 is 23.7 Å². The number of piperidine rings is 1. The molecule has 6 nitrogen and oxygen atoms in total. The molecular formula is C44H43NO5. The standard InChI is InChI=1S/C44H43NO5/c1-4-10-32(11-5-1)29-47-36-19-21-42-40(26-36)39-28-43(34-14-16-35(17-15-34)46-25-24-45-22-8-3-9-23-45)50-44-27-37(18-20-38(44)41(39)31-49-42)48-30-33-12-6-2-7-13-33/h1-2,4-7,10-21,26-27,43H,3,8-9,22-25,28-31H2. The average molecular weight is 666 g/mol. The van der Waals surface area contributed by atoms with E-state index in [2.05, 4.69) is 65.6 Å². The number of likely N-dealkylation sites (tertiary alicyclic amines) is 1. The van der Waals surface area contributed by atoms with Gasteiger partial charge in [-0.25, -0.2) is 0 Å². The fourth-order valence-corrected chi connectivity index (χ4v) is 7.08. The predicted molar refractivity (Wildman–Crippen MR) is 197 cm³/mol. The normalized spacial score (nSPS) is 16.9. The molecule has 0 bridgehead atoms. The summed E-state index contributed by atoms with van der Waals surface area (Å²) in [6.07, 6.45) is 4.37. The van der Waals surface area contributed by atoms with Crippen molar-refractivity contribution in [2.45, 2.75) is 45.0 Å². The van der Waals surface area contributed by atoms with E-state index in [-0.39, 0.29) is 6.10 Å². The van der Waals surface area contributed by atoms with E-state index in [9.17, 15) is 0 Å². The van der Waals surface area contributed by atoms with Gasteiger partial charge in [-0.3, -0.25) is 4.90 Å². The quantitative estimate of drug-likeness (QED) is 0.140. The molecule has 254 valence electrons. The van der Waals surface area contributed by atoms with Crippen molar-refractivity contribution in [2.75, 3.05) is 32.8 Å². The molecule has 0 spiro atoms. The summed E-state index contributed by atoms with van der Waals surface area (Å²) in [5.41, 5.74) is 7.74. The fraction of sp³-hybridized carbons (Fsp3) is 0.273. The minimum absolute atomic E-state index is 0.229. The highest BCUT2D eigenvalue weighted by Gasteiger charge is 2.31. The van der Waals surface area contributed by atoms with Crippen LogP contribution in [0.15, 0.2) is 121 Å². The van der Waals surface area contributed by atoms with Crippen LogP contribution in [-0.2, 0) is 13.2 Å². The summed E-state index contributed by atoms with van der Waals surface area (Å²) < 4.78 is 32.0. The third-order valence-electron chi connectivity index (χ3n) is 9.82. The van der Waals surface area contributed by atoms with Gasteiger partial charge in [-0.2, -0.15) is 0 Å². The molecule has 1 atom stereocenters. The van der Waals surface area contributed by atoms with Gasteiger partial charge in [0.15, 0.2) is 0 Å². The first kappa shape index (κ1) is 32.0. The number of ether oxygens (including phenoxy) is 5. The molecule has 3 aliphatic rings. The summed E-state index contributed by atoms with van der Waals surface area (Å²) in [5, 5.41) is 0. The molecule has 6 heteroatoms. The van der Waals surface area contributed by atoms with Crippen LogP contribution in [0.1, 0.15) is 59.6 Å². The van der Waals surface area contributed by atoms with Crippen LogP contribution in [0.25, 0.3) is 11.1 Å². The highest BCUT2D eigenvalue weighted by Crippen LogP contribution is 2.49. The van der Waals surface area contributed by atoms with Gasteiger partial charge in [0.25, 0.3) is 0 Å². The van der Waals surface area contributed by atoms with Gasteiger partial charge in [0, 0.05) is 35.7 Å². The molecule has 0 aromatic heterocycles. The molecule has 1 fully saturated rings. The van der Waals surface area contributed by atoms with Crippen molar-refractivity contribution >= 4 is 11.1 Å². The average Bonchev–Trinajstić information content (AvgIpc) is 3.34. The number of benzene rings is 5. The Morgan fingerprint density at radius 3 is 1.96 bits per heavy atom. The van der Waals surface area contributed by atoms with E-state index in [0.717, 1.165) is 68.7 Å². The molecule has 3 aliphatic heterocycles. The van der Waals surface area contributed by atoms with Crippen LogP contribution in [0, 0.1) is 0 Å². The largest absolute Gasteiger partial charge is 0.492 e. The maximum Gasteiger partial charge on any atom is 0.131 e. The lowest BCUT2D eigenvalue weighted by Gasteiger charge is -2.26. The Balaban J connectivity index is 1.07. The molecule has 50 heavy (non-hydrogen) atoms. The smallest absolute Gasteiger partial charge is 0.131 e. The molecule has 3 heterocycles. The summed E-state index contributed by atoms with van der Waals surface area (Å²) in [7, 11) is 0. The van der Waals surface area contributed by atoms with Crippen LogP contribution in [-0.4, -0.2) is 37.7 Å². The lowest BCUT2D eigenvalue weighted by atomic mass is 9.88. The van der Waals surface area contributed by atoms with E-state index >= 15 is 0 Å². The van der Waals surface area contributed by atoms with E-state index in [4.69, 9.17) is 23.7 Å². The van der Waals surface area contributed by atoms with E-state index in [0.29, 0.717) is 32.8 Å². The molecule has 5 aromatic carbocycles. The van der Waals surface area contributed by atoms with Gasteiger partial charge in [0.2, 0.25) is 0 Å². The van der Waals surface area contributed by atoms with Crippen molar-refractivity contribution in [3.63, 3.8) is 0 Å². The minimum atomic E-state index is -0.229. The number of nitrogens with zero attached hydrogens (tertiary/aromatic N) is 1. The van der Waals surface area contributed by atoms with Crippen molar-refractivity contribution in [3.8, 4) is 28.7 Å². The van der Waals surface area contributed by atoms with Crippen molar-refractivity contribution in [1.29, 1.82) is 0 Å². The second kappa shape index (κ2) is 15.1. The van der Waals surface area contributed by atoms with Crippen LogP contribution in [0.2, 0.25) is 0 Å². The van der Waals surface area contributed by atoms with Gasteiger partial charge < -0.3 is 23.7 Å². The van der Waals surface area contributed by atoms with Crippen molar-refractivity contribution in [2.24, 2.45) is 0 Å². The second-order valence-corrected chi connectivity index (χ2v) is 13.2. The zero-order valence-electron chi connectivity index (χ0n) is 28.4. The number of rotatable bonds is 11. The van der Waals surface area contributed by atoms with Crippen LogP contribution in [0.4, 0.5) is 0 Å². The van der Waals surface area contributed by atoms with E-state index in [1.807, 2.05) is 60.7 Å². The lowest BCUT2D eigenvalue weighted by molar-refractivity contribution is 0.183. The first-order valence-electron chi connectivity index (χ1n) is 17.8. The first-order valence-corrected chi connectivity index (χ1v) is 17.8. The highest BCUT2D eigenvalue weighted by molar-refractivity contribution is 5.97. The van der Waals surface area contributed by atoms with Crippen LogP contribution in [0.5, 0.6) is 28.7 Å². The lowest BCUT2D eigenvalue weighted by Crippen LogP contribution is -2.33. The molecule has 0 N–H and O–H groups in total. The molecule has 0 radical (unpaired) electrons. The Kier molecular flexibility index (Phi) is 9.70. The number of hydrogen-bond acceptors (Lipinski definition) is 6. The molecule has 5 aromatic rings. The maximum absolute atomic E-state index is 6.92. The van der Waals surface area contributed by atoms with Gasteiger partial charge in [-0.05, 0) is 90.7 Å². The maximum atomic E-state index is 6.92. The molecule has 0 aliphatic carbocycles. The Labute approximate surface area is 294 Å². The van der Waals surface area contributed by atoms with E-state index < -0.39 is 0 Å². The van der Waals surface area contributed by atoms with Gasteiger partial charge in [-0.1, -0.05) is 79.2 Å². The fourth-order valence-electron chi connectivity index (χ4n) is 7.08. The molecule has 8 rings (SSSR count). The van der Waals surface area contributed by atoms with Crippen LogP contribution >= 0.6 is 0 Å². The molecule has 0 amide bonds. The summed E-state index contributed by atoms with van der Waals surface area (Å²) in [4.78, 5) is 2.50. The highest BCUT2D eigenvalue weighted by atomic mass is 16.5. The zero-order valence-corrected chi connectivity index (χ0v) is 28.4. The van der Waals surface area contributed by atoms with Gasteiger partial charge in [-0.15, -0.1) is 0 Å². The van der Waals surface area contributed by atoms with Crippen molar-refractivity contribution in [3.05, 3.63) is 149 Å². The van der Waals surface area contributed by atoms with E-state index in [1.54, 1.807) is 0 Å². The molecule has 1 unspecified atom stereocenters. The third-order valence-corrected chi connectivity index (χ3v) is 9.82.